The predicted molar refractivity (Wildman–Crippen MR) is 71.8 cm³/mol. The largest absolute Gasteiger partial charge is 0.496 e. The number of methoxy groups -OCH3 is 1. The van der Waals surface area contributed by atoms with Crippen LogP contribution >= 0.6 is 27.5 Å². The van der Waals surface area contributed by atoms with Crippen molar-refractivity contribution in [2.75, 3.05) is 7.11 Å². The van der Waals surface area contributed by atoms with E-state index in [4.69, 9.17) is 20.8 Å². The first-order valence-electron chi connectivity index (χ1n) is 5.15. The fraction of sp³-hybridized carbons (Fsp3) is 0.231. The van der Waals surface area contributed by atoms with Crippen molar-refractivity contribution in [2.45, 2.75) is 12.3 Å². The van der Waals surface area contributed by atoms with Gasteiger partial charge in [0.15, 0.2) is 4.67 Å². The summed E-state index contributed by atoms with van der Waals surface area (Å²) in [5.74, 6) is 0.781. The second-order valence-corrected chi connectivity index (χ2v) is 4.91. The topological polar surface area (TPSA) is 22.4 Å². The third-order valence-corrected chi connectivity index (χ3v) is 3.69. The van der Waals surface area contributed by atoms with E-state index in [0.29, 0.717) is 4.67 Å². The first kappa shape index (κ1) is 12.5. The van der Waals surface area contributed by atoms with Gasteiger partial charge in [0.1, 0.15) is 5.75 Å². The van der Waals surface area contributed by atoms with Crippen molar-refractivity contribution < 1.29 is 9.15 Å². The summed E-state index contributed by atoms with van der Waals surface area (Å²) < 4.78 is 11.2. The highest BCUT2D eigenvalue weighted by Gasteiger charge is 2.19. The maximum Gasteiger partial charge on any atom is 0.173 e. The highest BCUT2D eigenvalue weighted by atomic mass is 79.9. The minimum atomic E-state index is -0.294. The second kappa shape index (κ2) is 5.15. The van der Waals surface area contributed by atoms with Crippen molar-refractivity contribution in [1.82, 2.24) is 0 Å². The van der Waals surface area contributed by atoms with Gasteiger partial charge in [-0.3, -0.25) is 0 Å². The van der Waals surface area contributed by atoms with E-state index in [-0.39, 0.29) is 5.38 Å². The summed E-state index contributed by atoms with van der Waals surface area (Å²) in [4.78, 5) is 0. The van der Waals surface area contributed by atoms with E-state index in [1.54, 1.807) is 13.4 Å². The van der Waals surface area contributed by atoms with Gasteiger partial charge >= 0.3 is 0 Å². The van der Waals surface area contributed by atoms with E-state index in [0.717, 1.165) is 22.4 Å². The molecule has 0 saturated heterocycles. The lowest BCUT2D eigenvalue weighted by Gasteiger charge is -2.14. The van der Waals surface area contributed by atoms with E-state index in [1.165, 1.54) is 0 Å². The third kappa shape index (κ3) is 2.50. The van der Waals surface area contributed by atoms with Crippen molar-refractivity contribution in [3.8, 4) is 5.75 Å². The number of hydrogen-bond donors (Lipinski definition) is 0. The highest BCUT2D eigenvalue weighted by Crippen LogP contribution is 2.39. The molecule has 4 heteroatoms. The van der Waals surface area contributed by atoms with E-state index in [2.05, 4.69) is 15.9 Å². The lowest BCUT2D eigenvalue weighted by atomic mass is 10.0. The number of halogens is 2. The van der Waals surface area contributed by atoms with Gasteiger partial charge in [0.2, 0.25) is 0 Å². The van der Waals surface area contributed by atoms with Crippen molar-refractivity contribution in [1.29, 1.82) is 0 Å². The molecule has 0 aliphatic heterocycles. The smallest absolute Gasteiger partial charge is 0.173 e. The molecule has 1 aromatic carbocycles. The van der Waals surface area contributed by atoms with Crippen molar-refractivity contribution in [3.63, 3.8) is 0 Å². The van der Waals surface area contributed by atoms with Gasteiger partial charge in [-0.2, -0.15) is 0 Å². The summed E-state index contributed by atoms with van der Waals surface area (Å²) in [5, 5.41) is -0.294. The van der Waals surface area contributed by atoms with E-state index in [1.807, 2.05) is 31.2 Å². The number of hydrogen-bond acceptors (Lipinski definition) is 2. The average Bonchev–Trinajstić information content (AvgIpc) is 2.74. The number of aryl methyl sites for hydroxylation is 1. The molecule has 0 saturated carbocycles. The van der Waals surface area contributed by atoms with Gasteiger partial charge in [0.25, 0.3) is 0 Å². The van der Waals surface area contributed by atoms with Crippen LogP contribution in [0.3, 0.4) is 0 Å². The number of benzene rings is 1. The van der Waals surface area contributed by atoms with Gasteiger partial charge in [-0.25, -0.2) is 0 Å². The number of furan rings is 1. The molecule has 1 heterocycles. The molecule has 0 aliphatic rings. The summed E-state index contributed by atoms with van der Waals surface area (Å²) >= 11 is 9.80. The van der Waals surface area contributed by atoms with Gasteiger partial charge in [-0.15, -0.1) is 11.6 Å². The molecule has 0 spiro atoms. The maximum absolute atomic E-state index is 6.46. The van der Waals surface area contributed by atoms with Crippen LogP contribution in [0.4, 0.5) is 0 Å². The van der Waals surface area contributed by atoms with E-state index < -0.39 is 0 Å². The van der Waals surface area contributed by atoms with Crippen LogP contribution in [0.25, 0.3) is 0 Å². The van der Waals surface area contributed by atoms with Gasteiger partial charge in [-0.05, 0) is 35.0 Å². The normalized spacial score (nSPS) is 12.5. The fourth-order valence-electron chi connectivity index (χ4n) is 1.70. The van der Waals surface area contributed by atoms with Crippen LogP contribution in [0.1, 0.15) is 22.1 Å². The van der Waals surface area contributed by atoms with Gasteiger partial charge in [0.05, 0.1) is 18.8 Å². The standard InChI is InChI=1S/C13H12BrClO2/c1-8-3-4-11(16-2)10(7-8)12(15)9-5-6-17-13(9)14/h3-7,12H,1-2H3. The SMILES string of the molecule is COc1ccc(C)cc1C(Cl)c1ccoc1Br. The molecule has 90 valence electrons. The van der Waals surface area contributed by atoms with Crippen LogP contribution in [0.2, 0.25) is 0 Å². The maximum atomic E-state index is 6.46. The lowest BCUT2D eigenvalue weighted by molar-refractivity contribution is 0.410. The Morgan fingerprint density at radius 2 is 2.06 bits per heavy atom. The third-order valence-electron chi connectivity index (χ3n) is 2.58. The van der Waals surface area contributed by atoms with Crippen molar-refractivity contribution in [2.24, 2.45) is 0 Å². The zero-order valence-corrected chi connectivity index (χ0v) is 11.9. The summed E-state index contributed by atoms with van der Waals surface area (Å²) in [6, 6.07) is 7.80. The first-order valence-corrected chi connectivity index (χ1v) is 6.38. The predicted octanol–water partition coefficient (Wildman–Crippen LogP) is 4.69. The number of alkyl halides is 1. The minimum absolute atomic E-state index is 0.294. The number of rotatable bonds is 3. The van der Waals surface area contributed by atoms with Crippen LogP contribution < -0.4 is 4.74 Å². The Morgan fingerprint density at radius 1 is 1.29 bits per heavy atom. The molecular formula is C13H12BrClO2. The average molecular weight is 316 g/mol. The van der Waals surface area contributed by atoms with Crippen molar-refractivity contribution >= 4 is 27.5 Å². The Bertz CT molecular complexity index is 522. The molecule has 2 nitrogen and oxygen atoms in total. The van der Waals surface area contributed by atoms with Crippen LogP contribution in [0.5, 0.6) is 5.75 Å². The Labute approximate surface area is 114 Å². The molecule has 2 aromatic rings. The fourth-order valence-corrected chi connectivity index (χ4v) is 2.65. The second-order valence-electron chi connectivity index (χ2n) is 3.76. The van der Waals surface area contributed by atoms with Crippen LogP contribution in [0, 0.1) is 6.92 Å². The molecule has 0 bridgehead atoms. The summed E-state index contributed by atoms with van der Waals surface area (Å²) in [6.07, 6.45) is 1.61. The van der Waals surface area contributed by atoms with Crippen LogP contribution in [-0.4, -0.2) is 7.11 Å². The molecule has 1 aromatic heterocycles. The molecule has 1 unspecified atom stereocenters. The molecule has 0 radical (unpaired) electrons. The van der Waals surface area contributed by atoms with Gasteiger partial charge < -0.3 is 9.15 Å². The summed E-state index contributed by atoms with van der Waals surface area (Å²) in [6.45, 7) is 2.02. The Kier molecular flexibility index (Phi) is 3.79. The van der Waals surface area contributed by atoms with Crippen molar-refractivity contribution in [3.05, 3.63) is 51.9 Å². The van der Waals surface area contributed by atoms with Gasteiger partial charge in [-0.1, -0.05) is 17.7 Å². The molecule has 0 aliphatic carbocycles. The Balaban J connectivity index is 2.46. The summed E-state index contributed by atoms with van der Waals surface area (Å²) in [7, 11) is 1.64. The molecular weight excluding hydrogens is 303 g/mol. The lowest BCUT2D eigenvalue weighted by Crippen LogP contribution is -1.97. The van der Waals surface area contributed by atoms with E-state index in [9.17, 15) is 0 Å². The highest BCUT2D eigenvalue weighted by molar-refractivity contribution is 9.10. The Morgan fingerprint density at radius 3 is 2.65 bits per heavy atom. The molecule has 0 fully saturated rings. The zero-order valence-electron chi connectivity index (χ0n) is 9.54. The quantitative estimate of drug-likeness (QED) is 0.767. The van der Waals surface area contributed by atoms with E-state index >= 15 is 0 Å². The molecule has 0 N–H and O–H groups in total. The molecule has 2 rings (SSSR count). The monoisotopic (exact) mass is 314 g/mol. The van der Waals surface area contributed by atoms with Crippen LogP contribution in [-0.2, 0) is 0 Å². The first-order chi connectivity index (χ1) is 8.13. The summed E-state index contributed by atoms with van der Waals surface area (Å²) in [5.41, 5.74) is 2.98. The molecule has 1 atom stereocenters. The Hall–Kier alpha value is -0.930. The number of ether oxygens (including phenoxy) is 1. The zero-order chi connectivity index (χ0) is 12.4. The minimum Gasteiger partial charge on any atom is -0.496 e. The molecule has 0 amide bonds. The molecule has 17 heavy (non-hydrogen) atoms. The van der Waals surface area contributed by atoms with Crippen LogP contribution in [0.15, 0.2) is 39.6 Å². The van der Waals surface area contributed by atoms with Gasteiger partial charge in [0, 0.05) is 11.1 Å².